The number of hydrogen-bond acceptors (Lipinski definition) is 2. The highest BCUT2D eigenvalue weighted by Gasteiger charge is 2.14. The van der Waals surface area contributed by atoms with Crippen molar-refractivity contribution in [2.24, 2.45) is 5.92 Å². The van der Waals surface area contributed by atoms with Gasteiger partial charge in [-0.2, -0.15) is 5.10 Å². The lowest BCUT2D eigenvalue weighted by atomic mass is 10.0. The van der Waals surface area contributed by atoms with Crippen LogP contribution in [-0.4, -0.2) is 22.6 Å². The van der Waals surface area contributed by atoms with E-state index in [2.05, 4.69) is 15.5 Å². The molecule has 2 N–H and O–H groups in total. The summed E-state index contributed by atoms with van der Waals surface area (Å²) in [4.78, 5) is 12.2. The highest BCUT2D eigenvalue weighted by atomic mass is 16.1. The summed E-state index contributed by atoms with van der Waals surface area (Å²) in [6, 6.07) is 5.66. The third-order valence-electron chi connectivity index (χ3n) is 4.23. The van der Waals surface area contributed by atoms with Crippen LogP contribution in [0.25, 0.3) is 10.9 Å². The van der Waals surface area contributed by atoms with Crippen molar-refractivity contribution in [1.29, 1.82) is 0 Å². The molecule has 0 aliphatic heterocycles. The molecule has 1 heterocycles. The zero-order valence-corrected chi connectivity index (χ0v) is 11.7. The van der Waals surface area contributed by atoms with Crippen LogP contribution in [0.4, 0.5) is 0 Å². The van der Waals surface area contributed by atoms with Gasteiger partial charge in [-0.15, -0.1) is 0 Å². The van der Waals surface area contributed by atoms with Crippen molar-refractivity contribution >= 4 is 16.8 Å². The lowest BCUT2D eigenvalue weighted by Crippen LogP contribution is -2.29. The predicted octanol–water partition coefficient (Wildman–Crippen LogP) is 3.26. The van der Waals surface area contributed by atoms with Crippen molar-refractivity contribution < 1.29 is 4.79 Å². The number of amides is 1. The topological polar surface area (TPSA) is 57.8 Å². The third-order valence-corrected chi connectivity index (χ3v) is 4.23. The van der Waals surface area contributed by atoms with Gasteiger partial charge in [0.15, 0.2) is 0 Å². The zero-order chi connectivity index (χ0) is 13.8. The number of H-pyrrole nitrogens is 1. The minimum absolute atomic E-state index is 0.0192. The molecule has 0 bridgehead atoms. The fourth-order valence-corrected chi connectivity index (χ4v) is 2.99. The Labute approximate surface area is 119 Å². The molecule has 1 aromatic heterocycles. The van der Waals surface area contributed by atoms with E-state index in [1.807, 2.05) is 18.2 Å². The van der Waals surface area contributed by atoms with Gasteiger partial charge in [0.2, 0.25) is 0 Å². The highest BCUT2D eigenvalue weighted by molar-refractivity contribution is 5.97. The second-order valence-corrected chi connectivity index (χ2v) is 5.74. The van der Waals surface area contributed by atoms with E-state index in [0.717, 1.165) is 17.4 Å². The molecule has 20 heavy (non-hydrogen) atoms. The Morgan fingerprint density at radius 2 is 2.05 bits per heavy atom. The molecule has 3 rings (SSSR count). The van der Waals surface area contributed by atoms with Crippen LogP contribution in [0, 0.1) is 5.92 Å². The fraction of sp³-hybridized carbons (Fsp3) is 0.500. The quantitative estimate of drug-likeness (QED) is 0.842. The highest BCUT2D eigenvalue weighted by Crippen LogP contribution is 2.22. The number of carbonyl (C=O) groups excluding carboxylic acids is 1. The van der Waals surface area contributed by atoms with Crippen molar-refractivity contribution in [3.8, 4) is 0 Å². The Morgan fingerprint density at radius 3 is 2.85 bits per heavy atom. The molecule has 0 radical (unpaired) electrons. The predicted molar refractivity (Wildman–Crippen MR) is 79.6 cm³/mol. The van der Waals surface area contributed by atoms with E-state index in [1.165, 1.54) is 38.5 Å². The number of aromatic nitrogens is 2. The number of aromatic amines is 1. The van der Waals surface area contributed by atoms with E-state index >= 15 is 0 Å². The first-order chi connectivity index (χ1) is 9.83. The average Bonchev–Trinajstić information content (AvgIpc) is 2.78. The number of rotatable bonds is 3. The van der Waals surface area contributed by atoms with Crippen LogP contribution in [0.5, 0.6) is 0 Å². The molecule has 1 aliphatic carbocycles. The second kappa shape index (κ2) is 6.07. The first-order valence-electron chi connectivity index (χ1n) is 7.54. The monoisotopic (exact) mass is 271 g/mol. The molecule has 1 aliphatic rings. The van der Waals surface area contributed by atoms with Gasteiger partial charge in [-0.3, -0.25) is 9.89 Å². The molecule has 1 aromatic carbocycles. The van der Waals surface area contributed by atoms with Crippen molar-refractivity contribution in [3.63, 3.8) is 0 Å². The molecule has 4 heteroatoms. The first kappa shape index (κ1) is 13.2. The van der Waals surface area contributed by atoms with Crippen LogP contribution in [0.1, 0.15) is 48.9 Å². The van der Waals surface area contributed by atoms with Gasteiger partial charge in [0.25, 0.3) is 5.91 Å². The summed E-state index contributed by atoms with van der Waals surface area (Å²) < 4.78 is 0. The van der Waals surface area contributed by atoms with Crippen molar-refractivity contribution in [2.45, 2.75) is 38.5 Å². The normalized spacial score (nSPS) is 17.0. The van der Waals surface area contributed by atoms with Gasteiger partial charge in [-0.05, 0) is 30.9 Å². The summed E-state index contributed by atoms with van der Waals surface area (Å²) in [5.41, 5.74) is 1.61. The summed E-state index contributed by atoms with van der Waals surface area (Å²) in [6.07, 6.45) is 9.57. The van der Waals surface area contributed by atoms with Gasteiger partial charge in [0.1, 0.15) is 0 Å². The molecule has 1 saturated carbocycles. The molecule has 0 unspecified atom stereocenters. The minimum Gasteiger partial charge on any atom is -0.352 e. The Hall–Kier alpha value is -1.84. The lowest BCUT2D eigenvalue weighted by Gasteiger charge is -2.14. The van der Waals surface area contributed by atoms with Gasteiger partial charge in [-0.1, -0.05) is 31.7 Å². The molecule has 1 amide bonds. The van der Waals surface area contributed by atoms with Gasteiger partial charge in [0.05, 0.1) is 11.7 Å². The summed E-state index contributed by atoms with van der Waals surface area (Å²) in [6.45, 7) is 0.805. The van der Waals surface area contributed by atoms with Crippen LogP contribution in [0.15, 0.2) is 24.4 Å². The van der Waals surface area contributed by atoms with E-state index in [4.69, 9.17) is 0 Å². The fourth-order valence-electron chi connectivity index (χ4n) is 2.99. The van der Waals surface area contributed by atoms with Crippen LogP contribution in [0.2, 0.25) is 0 Å². The van der Waals surface area contributed by atoms with Gasteiger partial charge < -0.3 is 5.32 Å². The molecule has 1 fully saturated rings. The van der Waals surface area contributed by atoms with Crippen molar-refractivity contribution in [1.82, 2.24) is 15.5 Å². The van der Waals surface area contributed by atoms with Gasteiger partial charge in [0, 0.05) is 17.5 Å². The summed E-state index contributed by atoms with van der Waals surface area (Å²) >= 11 is 0. The maximum atomic E-state index is 12.2. The van der Waals surface area contributed by atoms with E-state index in [9.17, 15) is 4.79 Å². The Morgan fingerprint density at radius 1 is 1.25 bits per heavy atom. The van der Waals surface area contributed by atoms with Crippen molar-refractivity contribution in [2.75, 3.05) is 6.54 Å². The molecular weight excluding hydrogens is 250 g/mol. The maximum Gasteiger partial charge on any atom is 0.251 e. The Kier molecular flexibility index (Phi) is 4.00. The maximum absolute atomic E-state index is 12.2. The van der Waals surface area contributed by atoms with Crippen LogP contribution in [-0.2, 0) is 0 Å². The number of carbonyl (C=O) groups is 1. The standard InChI is InChI=1S/C16H21N3O/c20-16(17-10-12-5-3-1-2-4-6-12)13-7-8-14-11-18-19-15(14)9-13/h7-9,11-12H,1-6,10H2,(H,17,20)(H,18,19). The molecule has 0 saturated heterocycles. The van der Waals surface area contributed by atoms with E-state index in [1.54, 1.807) is 6.20 Å². The molecule has 4 nitrogen and oxygen atoms in total. The molecule has 0 atom stereocenters. The minimum atomic E-state index is 0.0192. The van der Waals surface area contributed by atoms with E-state index < -0.39 is 0 Å². The second-order valence-electron chi connectivity index (χ2n) is 5.74. The SMILES string of the molecule is O=C(NCC1CCCCCC1)c1ccc2cn[nH]c2c1. The zero-order valence-electron chi connectivity index (χ0n) is 11.7. The third kappa shape index (κ3) is 3.00. The largest absolute Gasteiger partial charge is 0.352 e. The Balaban J connectivity index is 1.60. The molecule has 0 spiro atoms. The average molecular weight is 271 g/mol. The smallest absolute Gasteiger partial charge is 0.251 e. The van der Waals surface area contributed by atoms with Crippen LogP contribution >= 0.6 is 0 Å². The summed E-state index contributed by atoms with van der Waals surface area (Å²) in [5.74, 6) is 0.670. The lowest BCUT2D eigenvalue weighted by molar-refractivity contribution is 0.0946. The van der Waals surface area contributed by atoms with Crippen LogP contribution < -0.4 is 5.32 Å². The van der Waals surface area contributed by atoms with Crippen LogP contribution in [0.3, 0.4) is 0 Å². The van der Waals surface area contributed by atoms with E-state index in [0.29, 0.717) is 11.5 Å². The number of fused-ring (bicyclic) bond motifs is 1. The molecule has 2 aromatic rings. The van der Waals surface area contributed by atoms with E-state index in [-0.39, 0.29) is 5.91 Å². The van der Waals surface area contributed by atoms with Gasteiger partial charge >= 0.3 is 0 Å². The molecular formula is C16H21N3O. The number of benzene rings is 1. The first-order valence-corrected chi connectivity index (χ1v) is 7.54. The number of nitrogens with zero attached hydrogens (tertiary/aromatic N) is 1. The van der Waals surface area contributed by atoms with Gasteiger partial charge in [-0.25, -0.2) is 0 Å². The summed E-state index contributed by atoms with van der Waals surface area (Å²) in [7, 11) is 0. The summed E-state index contributed by atoms with van der Waals surface area (Å²) in [5, 5.41) is 11.0. The number of nitrogens with one attached hydrogen (secondary N) is 2. The van der Waals surface area contributed by atoms with Crippen molar-refractivity contribution in [3.05, 3.63) is 30.0 Å². The number of hydrogen-bond donors (Lipinski definition) is 2. The molecule has 106 valence electrons. The Bertz CT molecular complexity index is 582.